The number of amides is 2. The third-order valence-corrected chi connectivity index (χ3v) is 5.97. The molecule has 0 unspecified atom stereocenters. The van der Waals surface area contributed by atoms with E-state index in [0.717, 1.165) is 16.4 Å². The van der Waals surface area contributed by atoms with E-state index >= 15 is 8.78 Å². The Labute approximate surface area is 188 Å². The maximum Gasteiger partial charge on any atom is 0.329 e. The monoisotopic (exact) mass is 463 g/mol. The lowest BCUT2D eigenvalue weighted by Crippen LogP contribution is -2.48. The fraction of sp³-hybridized carbons (Fsp3) is 0.333. The van der Waals surface area contributed by atoms with Crippen molar-refractivity contribution < 1.29 is 23.0 Å². The van der Waals surface area contributed by atoms with Gasteiger partial charge in [-0.3, -0.25) is 13.8 Å². The molecule has 0 bridgehead atoms. The molecule has 0 saturated carbocycles. The fourth-order valence-electron chi connectivity index (χ4n) is 3.82. The van der Waals surface area contributed by atoms with Gasteiger partial charge in [0.1, 0.15) is 5.69 Å². The predicted molar refractivity (Wildman–Crippen MR) is 120 cm³/mol. The van der Waals surface area contributed by atoms with E-state index in [-0.39, 0.29) is 18.0 Å². The lowest BCUT2D eigenvalue weighted by Gasteiger charge is -2.37. The standard InChI is InChI=1S/C21H23F2N5O3S/c1-6-26-18-12(10-24-20-13(18)7-8-28(20)32-25(2)3)11-27(21(26)29)19-16(22)14(30-4)9-15(31-5)17(19)23/h7-10H,6,11H2,1-5H3. The van der Waals surface area contributed by atoms with Crippen LogP contribution < -0.4 is 19.3 Å². The van der Waals surface area contributed by atoms with Crippen molar-refractivity contribution in [2.75, 3.05) is 44.7 Å². The van der Waals surface area contributed by atoms with Gasteiger partial charge in [0.2, 0.25) is 0 Å². The van der Waals surface area contributed by atoms with Crippen LogP contribution in [-0.4, -0.2) is 54.2 Å². The van der Waals surface area contributed by atoms with Gasteiger partial charge < -0.3 is 9.47 Å². The molecule has 3 heterocycles. The van der Waals surface area contributed by atoms with Crippen molar-refractivity contribution in [1.29, 1.82) is 0 Å². The molecule has 2 amide bonds. The van der Waals surface area contributed by atoms with Crippen molar-refractivity contribution in [3.8, 4) is 11.5 Å². The zero-order valence-electron chi connectivity index (χ0n) is 18.3. The molecule has 3 aromatic rings. The number of fused-ring (bicyclic) bond motifs is 3. The Morgan fingerprint density at radius 2 is 1.81 bits per heavy atom. The molecule has 0 aliphatic carbocycles. The molecule has 0 radical (unpaired) electrons. The van der Waals surface area contributed by atoms with E-state index in [4.69, 9.17) is 9.47 Å². The van der Waals surface area contributed by atoms with Gasteiger partial charge in [0, 0.05) is 48.1 Å². The molecule has 0 atom stereocenters. The highest BCUT2D eigenvalue weighted by Crippen LogP contribution is 2.42. The summed E-state index contributed by atoms with van der Waals surface area (Å²) in [5, 5.41) is 0.788. The number of aromatic nitrogens is 2. The summed E-state index contributed by atoms with van der Waals surface area (Å²) >= 11 is 1.45. The molecule has 4 rings (SSSR count). The molecule has 1 aromatic carbocycles. The highest BCUT2D eigenvalue weighted by molar-refractivity contribution is 7.95. The molecule has 1 aliphatic heterocycles. The van der Waals surface area contributed by atoms with Crippen molar-refractivity contribution >= 4 is 40.6 Å². The van der Waals surface area contributed by atoms with Crippen molar-refractivity contribution in [2.45, 2.75) is 13.5 Å². The van der Waals surface area contributed by atoms with Crippen LogP contribution >= 0.6 is 12.1 Å². The number of carbonyl (C=O) groups is 1. The summed E-state index contributed by atoms with van der Waals surface area (Å²) < 4.78 is 44.1. The van der Waals surface area contributed by atoms with E-state index in [9.17, 15) is 4.79 Å². The molecule has 1 aliphatic rings. The predicted octanol–water partition coefficient (Wildman–Crippen LogP) is 4.27. The van der Waals surface area contributed by atoms with E-state index in [1.807, 2.05) is 41.6 Å². The van der Waals surface area contributed by atoms with Crippen LogP contribution in [0.5, 0.6) is 11.5 Å². The maximum atomic E-state index is 15.1. The van der Waals surface area contributed by atoms with Gasteiger partial charge in [-0.15, -0.1) is 0 Å². The van der Waals surface area contributed by atoms with Gasteiger partial charge in [0.25, 0.3) is 0 Å². The van der Waals surface area contributed by atoms with Gasteiger partial charge in [-0.1, -0.05) is 0 Å². The number of nitrogens with zero attached hydrogens (tertiary/aromatic N) is 5. The average Bonchev–Trinajstić information content (AvgIpc) is 3.16. The van der Waals surface area contributed by atoms with E-state index in [1.54, 1.807) is 6.20 Å². The number of benzene rings is 1. The van der Waals surface area contributed by atoms with Crippen LogP contribution in [0.15, 0.2) is 24.5 Å². The highest BCUT2D eigenvalue weighted by Gasteiger charge is 2.37. The number of hydrogen-bond donors (Lipinski definition) is 0. The van der Waals surface area contributed by atoms with E-state index in [0.29, 0.717) is 23.4 Å². The van der Waals surface area contributed by atoms with Crippen LogP contribution in [0.4, 0.5) is 25.0 Å². The summed E-state index contributed by atoms with van der Waals surface area (Å²) in [6.07, 6.45) is 3.51. The summed E-state index contributed by atoms with van der Waals surface area (Å²) in [6, 6.07) is 2.46. The molecule has 11 heteroatoms. The van der Waals surface area contributed by atoms with Crippen molar-refractivity contribution in [1.82, 2.24) is 13.3 Å². The van der Waals surface area contributed by atoms with Gasteiger partial charge in [-0.25, -0.2) is 22.9 Å². The van der Waals surface area contributed by atoms with E-state index < -0.39 is 23.4 Å². The van der Waals surface area contributed by atoms with E-state index in [1.165, 1.54) is 31.3 Å². The SMILES string of the molecule is CCN1C(=O)N(c2c(F)c(OC)cc(OC)c2F)Cc2cnc3c(ccn3SN(C)C)c21. The third kappa shape index (κ3) is 3.41. The van der Waals surface area contributed by atoms with Gasteiger partial charge in [0.05, 0.1) is 26.5 Å². The number of urea groups is 1. The molecule has 0 spiro atoms. The topological polar surface area (TPSA) is 63.1 Å². The molecule has 32 heavy (non-hydrogen) atoms. The van der Waals surface area contributed by atoms with Crippen LogP contribution in [0.2, 0.25) is 0 Å². The lowest BCUT2D eigenvalue weighted by atomic mass is 10.1. The number of methoxy groups -OCH3 is 2. The summed E-state index contributed by atoms with van der Waals surface area (Å²) in [5.41, 5.74) is 1.54. The van der Waals surface area contributed by atoms with Gasteiger partial charge in [-0.05, 0) is 27.1 Å². The Hall–Kier alpha value is -3.05. The highest BCUT2D eigenvalue weighted by atomic mass is 32.2. The van der Waals surface area contributed by atoms with Crippen LogP contribution in [0.1, 0.15) is 12.5 Å². The molecule has 0 saturated heterocycles. The first kappa shape index (κ1) is 22.2. The smallest absolute Gasteiger partial charge is 0.329 e. The van der Waals surface area contributed by atoms with Gasteiger partial charge in [0.15, 0.2) is 28.8 Å². The minimum atomic E-state index is -0.971. The first-order valence-electron chi connectivity index (χ1n) is 9.86. The fourth-order valence-corrected chi connectivity index (χ4v) is 4.51. The molecular formula is C21H23F2N5O3S. The Bertz CT molecular complexity index is 1170. The van der Waals surface area contributed by atoms with E-state index in [2.05, 4.69) is 4.98 Å². The van der Waals surface area contributed by atoms with Crippen molar-refractivity contribution in [3.05, 3.63) is 41.7 Å². The number of pyridine rings is 1. The zero-order valence-corrected chi connectivity index (χ0v) is 19.2. The van der Waals surface area contributed by atoms with Crippen molar-refractivity contribution in [3.63, 3.8) is 0 Å². The molecular weight excluding hydrogens is 440 g/mol. The molecule has 2 aromatic heterocycles. The largest absolute Gasteiger partial charge is 0.493 e. The van der Waals surface area contributed by atoms with Crippen LogP contribution in [0.3, 0.4) is 0 Å². The van der Waals surface area contributed by atoms with Crippen molar-refractivity contribution in [2.24, 2.45) is 0 Å². The normalized spacial score (nSPS) is 13.8. The second-order valence-electron chi connectivity index (χ2n) is 7.28. The zero-order chi connectivity index (χ0) is 23.2. The summed E-state index contributed by atoms with van der Waals surface area (Å²) in [4.78, 5) is 20.6. The Kier molecular flexibility index (Phi) is 5.87. The second kappa shape index (κ2) is 8.47. The van der Waals surface area contributed by atoms with Crippen LogP contribution in [0, 0.1) is 11.6 Å². The summed E-state index contributed by atoms with van der Waals surface area (Å²) in [6.45, 7) is 2.06. The lowest BCUT2D eigenvalue weighted by molar-refractivity contribution is 0.249. The molecule has 170 valence electrons. The van der Waals surface area contributed by atoms with Crippen LogP contribution in [0.25, 0.3) is 11.0 Å². The molecule has 8 nitrogen and oxygen atoms in total. The number of rotatable bonds is 6. The first-order chi connectivity index (χ1) is 15.3. The number of ether oxygens (including phenoxy) is 2. The third-order valence-electron chi connectivity index (χ3n) is 5.18. The van der Waals surface area contributed by atoms with Gasteiger partial charge >= 0.3 is 6.03 Å². The number of carbonyl (C=O) groups excluding carboxylic acids is 1. The average molecular weight is 464 g/mol. The summed E-state index contributed by atoms with van der Waals surface area (Å²) in [7, 11) is 6.37. The molecule has 0 fully saturated rings. The minimum absolute atomic E-state index is 0.0518. The second-order valence-corrected chi connectivity index (χ2v) is 8.56. The van der Waals surface area contributed by atoms with Crippen LogP contribution in [-0.2, 0) is 6.54 Å². The first-order valence-corrected chi connectivity index (χ1v) is 10.6. The minimum Gasteiger partial charge on any atom is -0.493 e. The molecule has 0 N–H and O–H groups in total. The van der Waals surface area contributed by atoms with Gasteiger partial charge in [-0.2, -0.15) is 0 Å². The Morgan fingerprint density at radius 3 is 2.38 bits per heavy atom. The quantitative estimate of drug-likeness (QED) is 0.509. The maximum absolute atomic E-state index is 15.1. The number of anilines is 2. The number of hydrogen-bond acceptors (Lipinski definition) is 6. The summed E-state index contributed by atoms with van der Waals surface area (Å²) in [5.74, 6) is -2.38. The Balaban J connectivity index is 1.88. The number of halogens is 2. The Morgan fingerprint density at radius 1 is 1.16 bits per heavy atom.